The molecule has 2 N–H and O–H groups in total. The second-order valence-corrected chi connectivity index (χ2v) is 5.97. The second-order valence-electron chi connectivity index (χ2n) is 4.75. The Bertz CT molecular complexity index is 309. The number of hydrogen-bond acceptors (Lipinski definition) is 3. The second kappa shape index (κ2) is 7.14. The first-order valence-corrected chi connectivity index (χ1v) is 7.73. The van der Waals surface area contributed by atoms with Gasteiger partial charge in [0, 0.05) is 29.4 Å². The minimum absolute atomic E-state index is 1.04. The van der Waals surface area contributed by atoms with Crippen molar-refractivity contribution >= 4 is 11.3 Å². The van der Waals surface area contributed by atoms with Crippen molar-refractivity contribution in [2.24, 2.45) is 0 Å². The van der Waals surface area contributed by atoms with Crippen molar-refractivity contribution in [3.05, 3.63) is 21.4 Å². The van der Waals surface area contributed by atoms with E-state index in [4.69, 9.17) is 0 Å². The van der Waals surface area contributed by atoms with E-state index in [2.05, 4.69) is 23.6 Å². The molecule has 3 heteroatoms. The molecule has 0 saturated carbocycles. The predicted molar refractivity (Wildman–Crippen MR) is 75.8 cm³/mol. The summed E-state index contributed by atoms with van der Waals surface area (Å²) in [7, 11) is 0. The van der Waals surface area contributed by atoms with Gasteiger partial charge in [-0.1, -0.05) is 13.3 Å². The van der Waals surface area contributed by atoms with Gasteiger partial charge in [-0.25, -0.2) is 0 Å². The highest BCUT2D eigenvalue weighted by atomic mass is 32.1. The molecule has 1 aliphatic carbocycles. The molecule has 17 heavy (non-hydrogen) atoms. The number of nitrogens with one attached hydrogen (secondary N) is 2. The van der Waals surface area contributed by atoms with Crippen molar-refractivity contribution in [2.45, 2.75) is 45.6 Å². The zero-order chi connectivity index (χ0) is 11.9. The Labute approximate surface area is 109 Å². The Balaban J connectivity index is 1.77. The fourth-order valence-corrected chi connectivity index (χ4v) is 3.61. The summed E-state index contributed by atoms with van der Waals surface area (Å²) in [6.45, 7) is 6.40. The van der Waals surface area contributed by atoms with E-state index in [0.717, 1.165) is 26.2 Å². The van der Waals surface area contributed by atoms with Gasteiger partial charge in [0.15, 0.2) is 0 Å². The van der Waals surface area contributed by atoms with Gasteiger partial charge in [-0.15, -0.1) is 11.3 Å². The van der Waals surface area contributed by atoms with Crippen molar-refractivity contribution in [2.75, 3.05) is 19.6 Å². The summed E-state index contributed by atoms with van der Waals surface area (Å²) in [4.78, 5) is 3.18. The van der Waals surface area contributed by atoms with Gasteiger partial charge in [0.25, 0.3) is 0 Å². The van der Waals surface area contributed by atoms with Crippen LogP contribution in [0.2, 0.25) is 0 Å². The molecule has 0 amide bonds. The van der Waals surface area contributed by atoms with Crippen LogP contribution < -0.4 is 10.6 Å². The van der Waals surface area contributed by atoms with Crippen molar-refractivity contribution in [3.8, 4) is 0 Å². The van der Waals surface area contributed by atoms with Crippen molar-refractivity contribution in [3.63, 3.8) is 0 Å². The summed E-state index contributed by atoms with van der Waals surface area (Å²) < 4.78 is 0. The Hall–Kier alpha value is -0.380. The molecule has 0 radical (unpaired) electrons. The number of aryl methyl sites for hydroxylation is 2. The van der Waals surface area contributed by atoms with Crippen molar-refractivity contribution < 1.29 is 0 Å². The first-order chi connectivity index (χ1) is 8.40. The molecular formula is C14H24N2S. The van der Waals surface area contributed by atoms with E-state index in [1.165, 1.54) is 37.0 Å². The fraction of sp³-hybridized carbons (Fsp3) is 0.714. The van der Waals surface area contributed by atoms with E-state index in [1.807, 2.05) is 11.3 Å². The highest BCUT2D eigenvalue weighted by Gasteiger charge is 2.11. The van der Waals surface area contributed by atoms with E-state index >= 15 is 0 Å². The minimum atomic E-state index is 1.04. The molecule has 0 atom stereocenters. The Morgan fingerprint density at radius 3 is 2.82 bits per heavy atom. The molecule has 1 aromatic heterocycles. The minimum Gasteiger partial charge on any atom is -0.316 e. The van der Waals surface area contributed by atoms with Crippen LogP contribution in [0.4, 0.5) is 0 Å². The van der Waals surface area contributed by atoms with Crippen LogP contribution in [-0.2, 0) is 19.4 Å². The monoisotopic (exact) mass is 252 g/mol. The Morgan fingerprint density at radius 1 is 1.12 bits per heavy atom. The van der Waals surface area contributed by atoms with Gasteiger partial charge in [-0.3, -0.25) is 0 Å². The number of fused-ring (bicyclic) bond motifs is 1. The van der Waals surface area contributed by atoms with Crippen LogP contribution in [0, 0.1) is 0 Å². The molecule has 1 aromatic rings. The predicted octanol–water partition coefficient (Wildman–Crippen LogP) is 2.72. The molecule has 2 nitrogen and oxygen atoms in total. The lowest BCUT2D eigenvalue weighted by Gasteiger charge is -2.03. The number of rotatable bonds is 6. The molecule has 0 spiro atoms. The van der Waals surface area contributed by atoms with Gasteiger partial charge >= 0.3 is 0 Å². The van der Waals surface area contributed by atoms with E-state index in [0.29, 0.717) is 0 Å². The quantitative estimate of drug-likeness (QED) is 0.601. The van der Waals surface area contributed by atoms with Crippen LogP contribution in [0.15, 0.2) is 6.07 Å². The molecule has 0 unspecified atom stereocenters. The molecule has 0 bridgehead atoms. The summed E-state index contributed by atoms with van der Waals surface area (Å²) >= 11 is 2.03. The highest BCUT2D eigenvalue weighted by Crippen LogP contribution is 2.28. The summed E-state index contributed by atoms with van der Waals surface area (Å²) in [5.74, 6) is 0. The summed E-state index contributed by atoms with van der Waals surface area (Å²) in [5, 5.41) is 6.84. The lowest BCUT2D eigenvalue weighted by atomic mass is 10.1. The summed E-state index contributed by atoms with van der Waals surface area (Å²) in [5.41, 5.74) is 1.64. The normalized spacial score (nSPS) is 15.6. The highest BCUT2D eigenvalue weighted by molar-refractivity contribution is 7.12. The van der Waals surface area contributed by atoms with E-state index in [-0.39, 0.29) is 0 Å². The molecule has 1 aliphatic rings. The fourth-order valence-electron chi connectivity index (χ4n) is 2.38. The van der Waals surface area contributed by atoms with Crippen LogP contribution in [0.1, 0.15) is 41.5 Å². The van der Waals surface area contributed by atoms with E-state index < -0.39 is 0 Å². The third-order valence-corrected chi connectivity index (χ3v) is 4.56. The lowest BCUT2D eigenvalue weighted by Crippen LogP contribution is -2.26. The van der Waals surface area contributed by atoms with E-state index in [9.17, 15) is 0 Å². The molecule has 0 aromatic carbocycles. The average Bonchev–Trinajstić information content (AvgIpc) is 2.59. The largest absolute Gasteiger partial charge is 0.316 e. The maximum atomic E-state index is 3.51. The molecular weight excluding hydrogens is 228 g/mol. The van der Waals surface area contributed by atoms with E-state index in [1.54, 1.807) is 10.4 Å². The summed E-state index contributed by atoms with van der Waals surface area (Å²) in [6.07, 6.45) is 6.82. The molecule has 1 heterocycles. The topological polar surface area (TPSA) is 24.1 Å². The first-order valence-electron chi connectivity index (χ1n) is 6.92. The van der Waals surface area contributed by atoms with Gasteiger partial charge in [0.1, 0.15) is 0 Å². The van der Waals surface area contributed by atoms with Crippen molar-refractivity contribution in [1.29, 1.82) is 0 Å². The molecule has 0 saturated heterocycles. The van der Waals surface area contributed by atoms with Gasteiger partial charge in [0.2, 0.25) is 0 Å². The number of likely N-dealkylation sites (N-methyl/N-ethyl adjacent to an activating group) is 1. The molecule has 2 rings (SSSR count). The van der Waals surface area contributed by atoms with Crippen LogP contribution in [0.3, 0.4) is 0 Å². The number of thiophene rings is 1. The smallest absolute Gasteiger partial charge is 0.0300 e. The number of hydrogen-bond donors (Lipinski definition) is 2. The van der Waals surface area contributed by atoms with Gasteiger partial charge in [0.05, 0.1) is 0 Å². The summed E-state index contributed by atoms with van der Waals surface area (Å²) in [6, 6.07) is 2.44. The van der Waals surface area contributed by atoms with Crippen LogP contribution in [0.5, 0.6) is 0 Å². The van der Waals surface area contributed by atoms with Crippen molar-refractivity contribution in [1.82, 2.24) is 10.6 Å². The third-order valence-electron chi connectivity index (χ3n) is 3.33. The SMILES string of the molecule is CCNCCNCc1cc2c(s1)CCCCC2. The first kappa shape index (κ1) is 13.1. The van der Waals surface area contributed by atoms with Crippen LogP contribution in [0.25, 0.3) is 0 Å². The van der Waals surface area contributed by atoms with Gasteiger partial charge < -0.3 is 10.6 Å². The Kier molecular flexibility index (Phi) is 5.49. The standard InChI is InChI=1S/C14H24N2S/c1-2-15-8-9-16-11-13-10-12-6-4-3-5-7-14(12)17-13/h10,15-16H,2-9,11H2,1H3. The Morgan fingerprint density at radius 2 is 1.94 bits per heavy atom. The zero-order valence-corrected chi connectivity index (χ0v) is 11.7. The molecule has 96 valence electrons. The molecule has 0 aliphatic heterocycles. The van der Waals surface area contributed by atoms with Crippen LogP contribution >= 0.6 is 11.3 Å². The third kappa shape index (κ3) is 4.09. The maximum absolute atomic E-state index is 3.51. The maximum Gasteiger partial charge on any atom is 0.0300 e. The molecule has 0 fully saturated rings. The zero-order valence-electron chi connectivity index (χ0n) is 10.8. The van der Waals surface area contributed by atoms with Gasteiger partial charge in [-0.05, 0) is 43.9 Å². The van der Waals surface area contributed by atoms with Crippen LogP contribution in [-0.4, -0.2) is 19.6 Å². The lowest BCUT2D eigenvalue weighted by molar-refractivity contribution is 0.628. The van der Waals surface area contributed by atoms with Gasteiger partial charge in [-0.2, -0.15) is 0 Å². The average molecular weight is 252 g/mol.